The van der Waals surface area contributed by atoms with Crippen LogP contribution >= 0.6 is 34.4 Å². The van der Waals surface area contributed by atoms with E-state index in [4.69, 9.17) is 0 Å². The number of nitrogens with one attached hydrogen (secondary N) is 3. The van der Waals surface area contributed by atoms with Gasteiger partial charge in [-0.15, -0.1) is 21.5 Å². The van der Waals surface area contributed by atoms with Crippen molar-refractivity contribution in [3.63, 3.8) is 0 Å². The van der Waals surface area contributed by atoms with Gasteiger partial charge in [-0.1, -0.05) is 35.2 Å². The first-order valence-corrected chi connectivity index (χ1v) is 11.6. The number of carbonyl (C=O) groups excluding carboxylic acids is 2. The molecule has 3 amide bonds. The van der Waals surface area contributed by atoms with Crippen molar-refractivity contribution in [3.8, 4) is 0 Å². The Morgan fingerprint density at radius 3 is 2.76 bits per heavy atom. The van der Waals surface area contributed by atoms with Crippen LogP contribution in [0.5, 0.6) is 0 Å². The summed E-state index contributed by atoms with van der Waals surface area (Å²) in [6, 6.07) is 9.17. The lowest BCUT2D eigenvalue weighted by molar-refractivity contribution is -0.117. The molecule has 3 N–H and O–H groups in total. The highest BCUT2D eigenvalue weighted by molar-refractivity contribution is 8.01. The molecule has 0 bridgehead atoms. The number of hydrogen-bond acceptors (Lipinski definition) is 8. The van der Waals surface area contributed by atoms with E-state index < -0.39 is 11.9 Å². The van der Waals surface area contributed by atoms with E-state index in [0.29, 0.717) is 10.0 Å². The van der Waals surface area contributed by atoms with Crippen LogP contribution in [0.2, 0.25) is 0 Å². The number of anilines is 2. The summed E-state index contributed by atoms with van der Waals surface area (Å²) in [4.78, 5) is 25.3. The fourth-order valence-corrected chi connectivity index (χ4v) is 4.65. The quantitative estimate of drug-likeness (QED) is 0.445. The van der Waals surface area contributed by atoms with Crippen molar-refractivity contribution in [1.82, 2.24) is 15.5 Å². The number of rotatable bonds is 8. The molecule has 1 aromatic carbocycles. The molecule has 0 aliphatic carbocycles. The summed E-state index contributed by atoms with van der Waals surface area (Å²) in [5.41, 5.74) is 2.86. The van der Waals surface area contributed by atoms with Crippen molar-refractivity contribution in [2.75, 3.05) is 22.9 Å². The highest BCUT2D eigenvalue weighted by Gasteiger charge is 2.11. The van der Waals surface area contributed by atoms with Crippen LogP contribution in [0.4, 0.5) is 15.6 Å². The van der Waals surface area contributed by atoms with Crippen LogP contribution in [0.1, 0.15) is 16.0 Å². The Hall–Kier alpha value is -2.43. The third kappa shape index (κ3) is 6.84. The number of amides is 3. The Morgan fingerprint density at radius 2 is 2.00 bits per heavy atom. The van der Waals surface area contributed by atoms with Crippen LogP contribution < -0.4 is 16.0 Å². The van der Waals surface area contributed by atoms with E-state index in [0.717, 1.165) is 29.2 Å². The van der Waals surface area contributed by atoms with Gasteiger partial charge in [0.1, 0.15) is 0 Å². The summed E-state index contributed by atoms with van der Waals surface area (Å²) in [6.45, 7) is 4.74. The highest BCUT2D eigenvalue weighted by atomic mass is 32.2. The summed E-state index contributed by atoms with van der Waals surface area (Å²) >= 11 is 4.36. The molecule has 2 aromatic heterocycles. The number of carbonyl (C=O) groups is 2. The Balaban J connectivity index is 1.38. The highest BCUT2D eigenvalue weighted by Crippen LogP contribution is 2.25. The van der Waals surface area contributed by atoms with E-state index >= 15 is 0 Å². The van der Waals surface area contributed by atoms with Crippen LogP contribution in [0, 0.1) is 13.8 Å². The van der Waals surface area contributed by atoms with E-state index in [1.54, 1.807) is 17.4 Å². The minimum atomic E-state index is -0.549. The van der Waals surface area contributed by atoms with Gasteiger partial charge in [0, 0.05) is 17.1 Å². The molecule has 0 aliphatic heterocycles. The molecule has 3 rings (SSSR count). The lowest BCUT2D eigenvalue weighted by Gasteiger charge is -2.08. The zero-order valence-corrected chi connectivity index (χ0v) is 18.5. The monoisotopic (exact) mass is 447 g/mol. The van der Waals surface area contributed by atoms with E-state index in [2.05, 4.69) is 37.6 Å². The van der Waals surface area contributed by atoms with E-state index in [1.165, 1.54) is 28.0 Å². The van der Waals surface area contributed by atoms with Crippen LogP contribution in [0.3, 0.4) is 0 Å². The Labute approximate surface area is 181 Å². The molecule has 0 saturated carbocycles. The van der Waals surface area contributed by atoms with Crippen LogP contribution in [-0.4, -0.2) is 34.4 Å². The number of hydrogen-bond donors (Lipinski definition) is 3. The summed E-state index contributed by atoms with van der Waals surface area (Å²) < 4.78 is 0.674. The molecular weight excluding hydrogens is 426 g/mol. The predicted octanol–water partition coefficient (Wildman–Crippen LogP) is 4.31. The molecule has 7 nitrogen and oxygen atoms in total. The number of thioether (sulfide) groups is 1. The summed E-state index contributed by atoms with van der Waals surface area (Å²) in [5.74, 6) is -0.303. The summed E-state index contributed by atoms with van der Waals surface area (Å²) in [6.07, 6.45) is 0.928. The Bertz CT molecular complexity index is 972. The number of aryl methyl sites for hydroxylation is 2. The number of aromatic nitrogens is 2. The van der Waals surface area contributed by atoms with E-state index in [9.17, 15) is 9.59 Å². The second-order valence-electron chi connectivity index (χ2n) is 6.22. The molecule has 0 fully saturated rings. The number of imide groups is 1. The molecule has 152 valence electrons. The van der Waals surface area contributed by atoms with Gasteiger partial charge in [-0.25, -0.2) is 4.79 Å². The standard InChI is InChI=1S/C19H21N5O2S3/c1-12-5-6-14(10-13(12)2)21-17(26)22-16(25)11-28-19-24-23-18(29-19)20-8-7-15-4-3-9-27-15/h3-6,9-10H,7-8,11H2,1-2H3,(H,20,23)(H2,21,22,25,26). The summed E-state index contributed by atoms with van der Waals surface area (Å²) in [7, 11) is 0. The second kappa shape index (κ2) is 10.4. The fourth-order valence-electron chi connectivity index (χ4n) is 2.36. The minimum absolute atomic E-state index is 0.0875. The predicted molar refractivity (Wildman–Crippen MR) is 120 cm³/mol. The van der Waals surface area contributed by atoms with E-state index in [-0.39, 0.29) is 5.75 Å². The SMILES string of the molecule is Cc1ccc(NC(=O)NC(=O)CSc2nnc(NCCc3cccs3)s2)cc1C. The van der Waals surface area contributed by atoms with Gasteiger partial charge in [0.2, 0.25) is 11.0 Å². The zero-order valence-electron chi connectivity index (χ0n) is 16.0. The molecule has 0 spiro atoms. The second-order valence-corrected chi connectivity index (χ2v) is 9.45. The molecule has 29 heavy (non-hydrogen) atoms. The maximum atomic E-state index is 12.0. The van der Waals surface area contributed by atoms with Crippen molar-refractivity contribution in [1.29, 1.82) is 0 Å². The van der Waals surface area contributed by atoms with Gasteiger partial charge in [-0.05, 0) is 55.0 Å². The molecule has 0 aliphatic rings. The summed E-state index contributed by atoms with van der Waals surface area (Å²) in [5, 5.41) is 19.1. The lowest BCUT2D eigenvalue weighted by atomic mass is 10.1. The normalized spacial score (nSPS) is 10.6. The number of urea groups is 1. The first-order valence-electron chi connectivity index (χ1n) is 8.90. The van der Waals surface area contributed by atoms with Crippen molar-refractivity contribution in [3.05, 3.63) is 51.7 Å². The molecule has 3 aromatic rings. The fraction of sp³-hybridized carbons (Fsp3) is 0.263. The largest absolute Gasteiger partial charge is 0.360 e. The first kappa shape index (κ1) is 21.3. The average molecular weight is 448 g/mol. The minimum Gasteiger partial charge on any atom is -0.360 e. The van der Waals surface area contributed by atoms with Gasteiger partial charge < -0.3 is 10.6 Å². The molecule has 10 heteroatoms. The van der Waals surface area contributed by atoms with Gasteiger partial charge in [0.15, 0.2) is 4.34 Å². The third-order valence-corrected chi connectivity index (χ3v) is 6.93. The third-order valence-electron chi connectivity index (χ3n) is 3.98. The van der Waals surface area contributed by atoms with Gasteiger partial charge in [-0.3, -0.25) is 10.1 Å². The molecule has 0 unspecified atom stereocenters. The van der Waals surface area contributed by atoms with Crippen LogP contribution in [-0.2, 0) is 11.2 Å². The topological polar surface area (TPSA) is 96.0 Å². The maximum Gasteiger partial charge on any atom is 0.325 e. The molecule has 2 heterocycles. The zero-order chi connectivity index (χ0) is 20.6. The Kier molecular flexibility index (Phi) is 7.62. The number of benzene rings is 1. The van der Waals surface area contributed by atoms with Gasteiger partial charge in [0.25, 0.3) is 0 Å². The van der Waals surface area contributed by atoms with Crippen molar-refractivity contribution in [2.24, 2.45) is 0 Å². The smallest absolute Gasteiger partial charge is 0.325 e. The first-order chi connectivity index (χ1) is 14.0. The maximum absolute atomic E-state index is 12.0. The Morgan fingerprint density at radius 1 is 1.14 bits per heavy atom. The van der Waals surface area contributed by atoms with Crippen molar-refractivity contribution >= 4 is 57.2 Å². The van der Waals surface area contributed by atoms with Crippen LogP contribution in [0.15, 0.2) is 40.1 Å². The van der Waals surface area contributed by atoms with Crippen molar-refractivity contribution in [2.45, 2.75) is 24.6 Å². The van der Waals surface area contributed by atoms with Gasteiger partial charge >= 0.3 is 6.03 Å². The molecule has 0 radical (unpaired) electrons. The van der Waals surface area contributed by atoms with E-state index in [1.807, 2.05) is 32.0 Å². The van der Waals surface area contributed by atoms with Gasteiger partial charge in [-0.2, -0.15) is 0 Å². The lowest BCUT2D eigenvalue weighted by Crippen LogP contribution is -2.35. The van der Waals surface area contributed by atoms with Gasteiger partial charge in [0.05, 0.1) is 5.75 Å². The van der Waals surface area contributed by atoms with Crippen molar-refractivity contribution < 1.29 is 9.59 Å². The molecule has 0 saturated heterocycles. The molecular formula is C19H21N5O2S3. The van der Waals surface area contributed by atoms with Crippen LogP contribution in [0.25, 0.3) is 0 Å². The average Bonchev–Trinajstić information content (AvgIpc) is 3.35. The molecule has 0 atom stereocenters. The number of nitrogens with zero attached hydrogens (tertiary/aromatic N) is 2. The number of thiophene rings is 1.